The van der Waals surface area contributed by atoms with Gasteiger partial charge in [0.1, 0.15) is 11.2 Å². The Morgan fingerprint density at radius 2 is 1.41 bits per heavy atom. The van der Waals surface area contributed by atoms with Crippen molar-refractivity contribution >= 4 is 32.7 Å². The minimum Gasteiger partial charge on any atom is -0.456 e. The van der Waals surface area contributed by atoms with Gasteiger partial charge in [-0.15, -0.1) is 71.3 Å². The maximum absolute atomic E-state index is 6.08. The van der Waals surface area contributed by atoms with Crippen LogP contribution in [0.2, 0.25) is 0 Å². The molecule has 3 aromatic heterocycles. The van der Waals surface area contributed by atoms with Crippen molar-refractivity contribution in [2.75, 3.05) is 0 Å². The minimum absolute atomic E-state index is 0. The first kappa shape index (κ1) is 29.2. The Morgan fingerprint density at radius 1 is 0.568 bits per heavy atom. The zero-order valence-corrected chi connectivity index (χ0v) is 26.7. The van der Waals surface area contributed by atoms with Crippen LogP contribution >= 0.6 is 0 Å². The molecule has 1 radical (unpaired) electrons. The number of furan rings is 1. The molecule has 4 heteroatoms. The van der Waals surface area contributed by atoms with E-state index in [2.05, 4.69) is 95.8 Å². The van der Waals surface area contributed by atoms with Crippen molar-refractivity contribution in [3.05, 3.63) is 157 Å². The van der Waals surface area contributed by atoms with Crippen LogP contribution in [0.15, 0.2) is 138 Å². The summed E-state index contributed by atoms with van der Waals surface area (Å²) in [5.41, 5.74) is 10.5. The SMILES string of the molecule is Cc1ccc(-c2[c-]cccc2)nc1.Cc1ccnc(-c2[c-]ccc(-c3cccc4c3ccc3oc5ccccc5c34)c2)c1.[Ir]. The van der Waals surface area contributed by atoms with E-state index >= 15 is 0 Å². The molecule has 8 rings (SSSR count). The standard InChI is InChI=1S/C28H18NO.C12H10N.Ir/c1-18-14-15-29-25(16-18)20-7-4-6-19(17-20)21-9-5-10-23-22(21)12-13-27-28(23)24-8-2-3-11-26(24)30-27;1-10-7-8-12(13-9-10)11-5-3-2-4-6-11;/h2-6,8-17H,1H3;2-5,7-9H,1H3;/q2*-1;. The number of aryl methyl sites for hydroxylation is 2. The Bertz CT molecular complexity index is 2200. The predicted octanol–water partition coefficient (Wildman–Crippen LogP) is 10.4. The second-order valence-electron chi connectivity index (χ2n) is 10.6. The first-order chi connectivity index (χ1) is 21.1. The summed E-state index contributed by atoms with van der Waals surface area (Å²) in [6.45, 7) is 4.12. The summed E-state index contributed by atoms with van der Waals surface area (Å²) in [6, 6.07) is 47.8. The number of fused-ring (bicyclic) bond motifs is 5. The summed E-state index contributed by atoms with van der Waals surface area (Å²) in [5.74, 6) is 0. The Kier molecular flexibility index (Phi) is 8.47. The van der Waals surface area contributed by atoms with Gasteiger partial charge in [-0.1, -0.05) is 66.2 Å². The van der Waals surface area contributed by atoms with Gasteiger partial charge in [0.25, 0.3) is 0 Å². The molecule has 8 aromatic rings. The zero-order valence-electron chi connectivity index (χ0n) is 24.3. The van der Waals surface area contributed by atoms with Crippen molar-refractivity contribution in [2.24, 2.45) is 0 Å². The van der Waals surface area contributed by atoms with Crippen LogP contribution in [-0.4, -0.2) is 9.97 Å². The molecule has 0 aliphatic rings. The van der Waals surface area contributed by atoms with Gasteiger partial charge in [0.15, 0.2) is 0 Å². The quantitative estimate of drug-likeness (QED) is 0.169. The van der Waals surface area contributed by atoms with Crippen molar-refractivity contribution in [3.8, 4) is 33.6 Å². The summed E-state index contributed by atoms with van der Waals surface area (Å²) < 4.78 is 6.08. The average Bonchev–Trinajstić information content (AvgIpc) is 3.45. The number of para-hydroxylation sites is 1. The van der Waals surface area contributed by atoms with Crippen LogP contribution in [0.3, 0.4) is 0 Å². The van der Waals surface area contributed by atoms with Crippen molar-refractivity contribution in [1.82, 2.24) is 9.97 Å². The molecule has 3 nitrogen and oxygen atoms in total. The average molecular weight is 745 g/mol. The van der Waals surface area contributed by atoms with Crippen LogP contribution < -0.4 is 0 Å². The molecule has 5 aromatic carbocycles. The topological polar surface area (TPSA) is 38.9 Å². The minimum atomic E-state index is 0. The van der Waals surface area contributed by atoms with Crippen molar-refractivity contribution in [3.63, 3.8) is 0 Å². The maximum atomic E-state index is 6.08. The van der Waals surface area contributed by atoms with E-state index in [0.29, 0.717) is 0 Å². The van der Waals surface area contributed by atoms with E-state index < -0.39 is 0 Å². The van der Waals surface area contributed by atoms with Crippen LogP contribution in [-0.2, 0) is 20.1 Å². The Morgan fingerprint density at radius 3 is 2.23 bits per heavy atom. The van der Waals surface area contributed by atoms with Gasteiger partial charge in [-0.25, -0.2) is 0 Å². The smallest absolute Gasteiger partial charge is 0.136 e. The molecule has 0 atom stereocenters. The Hall–Kier alpha value is -4.89. The number of nitrogens with zero attached hydrogens (tertiary/aromatic N) is 2. The zero-order chi connectivity index (χ0) is 29.2. The van der Waals surface area contributed by atoms with Crippen LogP contribution in [0.5, 0.6) is 0 Å². The van der Waals surface area contributed by atoms with Crippen molar-refractivity contribution in [2.45, 2.75) is 13.8 Å². The maximum Gasteiger partial charge on any atom is 0.136 e. The summed E-state index contributed by atoms with van der Waals surface area (Å²) in [7, 11) is 0. The molecular weight excluding hydrogens is 717 g/mol. The fourth-order valence-corrected chi connectivity index (χ4v) is 5.48. The van der Waals surface area contributed by atoms with Gasteiger partial charge < -0.3 is 14.4 Å². The predicted molar refractivity (Wildman–Crippen MR) is 177 cm³/mol. The molecule has 0 saturated heterocycles. The first-order valence-corrected chi connectivity index (χ1v) is 14.3. The molecule has 0 aliphatic carbocycles. The number of hydrogen-bond acceptors (Lipinski definition) is 3. The second kappa shape index (κ2) is 12.8. The van der Waals surface area contributed by atoms with Crippen LogP contribution in [0, 0.1) is 26.0 Å². The molecule has 0 amide bonds. The largest absolute Gasteiger partial charge is 0.456 e. The molecule has 0 N–H and O–H groups in total. The van der Waals surface area contributed by atoms with Crippen molar-refractivity contribution < 1.29 is 24.5 Å². The van der Waals surface area contributed by atoms with Gasteiger partial charge in [0.2, 0.25) is 0 Å². The molecule has 3 heterocycles. The third-order valence-electron chi connectivity index (χ3n) is 7.60. The van der Waals surface area contributed by atoms with Crippen molar-refractivity contribution in [1.29, 1.82) is 0 Å². The molecule has 0 spiro atoms. The number of hydrogen-bond donors (Lipinski definition) is 0. The monoisotopic (exact) mass is 745 g/mol. The third kappa shape index (κ3) is 5.83. The van der Waals surface area contributed by atoms with E-state index in [9.17, 15) is 0 Å². The summed E-state index contributed by atoms with van der Waals surface area (Å²) >= 11 is 0. The summed E-state index contributed by atoms with van der Waals surface area (Å²) in [6.07, 6.45) is 3.72. The van der Waals surface area contributed by atoms with Gasteiger partial charge in [-0.2, -0.15) is 0 Å². The third-order valence-corrected chi connectivity index (χ3v) is 7.60. The molecular formula is C40H28IrN2O-2. The number of pyridine rings is 2. The van der Waals surface area contributed by atoms with E-state index in [1.54, 1.807) is 0 Å². The summed E-state index contributed by atoms with van der Waals surface area (Å²) in [5, 5.41) is 4.75. The van der Waals surface area contributed by atoms with E-state index in [4.69, 9.17) is 4.42 Å². The Balaban J connectivity index is 0.000000207. The number of benzene rings is 5. The van der Waals surface area contributed by atoms with Gasteiger partial charge in [0, 0.05) is 43.3 Å². The second-order valence-corrected chi connectivity index (χ2v) is 10.6. The summed E-state index contributed by atoms with van der Waals surface area (Å²) in [4.78, 5) is 8.85. The van der Waals surface area contributed by atoms with E-state index in [1.807, 2.05) is 73.9 Å². The van der Waals surface area contributed by atoms with Gasteiger partial charge in [-0.05, 0) is 65.3 Å². The fraction of sp³-hybridized carbons (Fsp3) is 0.0500. The van der Waals surface area contributed by atoms with Crippen LogP contribution in [0.25, 0.3) is 66.4 Å². The number of aromatic nitrogens is 2. The van der Waals surface area contributed by atoms with E-state index in [0.717, 1.165) is 44.6 Å². The molecule has 0 bridgehead atoms. The van der Waals surface area contributed by atoms with Gasteiger partial charge in [0.05, 0.1) is 0 Å². The molecule has 0 unspecified atom stereocenters. The number of rotatable bonds is 3. The van der Waals surface area contributed by atoms with E-state index in [1.165, 1.54) is 32.8 Å². The van der Waals surface area contributed by atoms with Crippen LogP contribution in [0.4, 0.5) is 0 Å². The Labute approximate surface area is 270 Å². The van der Waals surface area contributed by atoms with Gasteiger partial charge >= 0.3 is 0 Å². The fourth-order valence-electron chi connectivity index (χ4n) is 5.48. The molecule has 215 valence electrons. The molecule has 0 saturated carbocycles. The normalized spacial score (nSPS) is 10.8. The molecule has 44 heavy (non-hydrogen) atoms. The van der Waals surface area contributed by atoms with Crippen LogP contribution in [0.1, 0.15) is 11.1 Å². The molecule has 0 aliphatic heterocycles. The van der Waals surface area contributed by atoms with Gasteiger partial charge in [-0.3, -0.25) is 0 Å². The molecule has 0 fully saturated rings. The first-order valence-electron chi connectivity index (χ1n) is 14.3. The van der Waals surface area contributed by atoms with E-state index in [-0.39, 0.29) is 20.1 Å².